The second-order valence-corrected chi connectivity index (χ2v) is 9.24. The van der Waals surface area contributed by atoms with Crippen molar-refractivity contribution in [3.05, 3.63) is 66.9 Å². The van der Waals surface area contributed by atoms with E-state index in [1.54, 1.807) is 22.8 Å². The van der Waals surface area contributed by atoms with Gasteiger partial charge in [0, 0.05) is 23.7 Å². The van der Waals surface area contributed by atoms with Gasteiger partial charge < -0.3 is 5.32 Å². The third-order valence-electron chi connectivity index (χ3n) is 4.58. The lowest BCUT2D eigenvalue weighted by Gasteiger charge is -2.14. The molecule has 0 aliphatic heterocycles. The average Bonchev–Trinajstić information content (AvgIpc) is 2.72. The van der Waals surface area contributed by atoms with Crippen molar-refractivity contribution in [2.24, 2.45) is 5.92 Å². The molecule has 0 aliphatic rings. The molecule has 1 amide bonds. The molecule has 2 aromatic carbocycles. The van der Waals surface area contributed by atoms with E-state index in [9.17, 15) is 19.7 Å². The molecule has 3 rings (SSSR count). The van der Waals surface area contributed by atoms with Crippen molar-refractivity contribution < 1.29 is 9.72 Å². The summed E-state index contributed by atoms with van der Waals surface area (Å²) in [5.74, 6) is -0.132. The van der Waals surface area contributed by atoms with Crippen LogP contribution >= 0.6 is 35.0 Å². The number of anilines is 1. The Morgan fingerprint density at radius 3 is 2.69 bits per heavy atom. The van der Waals surface area contributed by atoms with E-state index in [1.807, 2.05) is 0 Å². The van der Waals surface area contributed by atoms with Crippen molar-refractivity contribution in [3.8, 4) is 0 Å². The monoisotopic (exact) mass is 494 g/mol. The number of hydrogen-bond donors (Lipinski definition) is 1. The SMILES string of the molecule is CC(C)CCn1c(SCC(=O)Nc2cc([N+](=O)[O-])ccc2Cl)nc2cc(Cl)ccc2c1=O. The molecule has 0 saturated heterocycles. The van der Waals surface area contributed by atoms with Gasteiger partial charge in [0.1, 0.15) is 0 Å². The first-order chi connectivity index (χ1) is 15.2. The molecule has 1 aromatic heterocycles. The Balaban J connectivity index is 1.85. The summed E-state index contributed by atoms with van der Waals surface area (Å²) < 4.78 is 1.56. The van der Waals surface area contributed by atoms with E-state index >= 15 is 0 Å². The molecule has 0 saturated carbocycles. The average molecular weight is 495 g/mol. The van der Waals surface area contributed by atoms with Crippen LogP contribution < -0.4 is 10.9 Å². The van der Waals surface area contributed by atoms with E-state index in [0.717, 1.165) is 18.2 Å². The highest BCUT2D eigenvalue weighted by Crippen LogP contribution is 2.27. The van der Waals surface area contributed by atoms with Crippen LogP contribution in [-0.2, 0) is 11.3 Å². The topological polar surface area (TPSA) is 107 Å². The number of carbonyl (C=O) groups is 1. The zero-order chi connectivity index (χ0) is 23.4. The lowest BCUT2D eigenvalue weighted by Crippen LogP contribution is -2.25. The fraction of sp³-hybridized carbons (Fsp3) is 0.286. The zero-order valence-electron chi connectivity index (χ0n) is 17.3. The van der Waals surface area contributed by atoms with Gasteiger partial charge in [-0.25, -0.2) is 4.98 Å². The van der Waals surface area contributed by atoms with Gasteiger partial charge in [-0.15, -0.1) is 0 Å². The number of nitro benzene ring substituents is 1. The normalized spacial score (nSPS) is 11.2. The third kappa shape index (κ3) is 5.79. The minimum absolute atomic E-state index is 0.0702. The molecule has 0 atom stereocenters. The summed E-state index contributed by atoms with van der Waals surface area (Å²) >= 11 is 13.2. The van der Waals surface area contributed by atoms with Crippen LogP contribution in [0.15, 0.2) is 46.3 Å². The van der Waals surface area contributed by atoms with E-state index in [-0.39, 0.29) is 27.7 Å². The van der Waals surface area contributed by atoms with Gasteiger partial charge in [0.25, 0.3) is 11.2 Å². The van der Waals surface area contributed by atoms with Crippen LogP contribution in [0.3, 0.4) is 0 Å². The summed E-state index contributed by atoms with van der Waals surface area (Å²) in [6.45, 7) is 4.58. The van der Waals surface area contributed by atoms with Gasteiger partial charge >= 0.3 is 0 Å². The summed E-state index contributed by atoms with van der Waals surface area (Å²) in [5.41, 5.74) is 0.208. The third-order valence-corrected chi connectivity index (χ3v) is 6.12. The molecule has 168 valence electrons. The number of nitrogens with one attached hydrogen (secondary N) is 1. The largest absolute Gasteiger partial charge is 0.324 e. The summed E-state index contributed by atoms with van der Waals surface area (Å²) in [6.07, 6.45) is 0.768. The Morgan fingerprint density at radius 1 is 1.25 bits per heavy atom. The smallest absolute Gasteiger partial charge is 0.271 e. The number of non-ortho nitro benzene ring substituents is 1. The van der Waals surface area contributed by atoms with Crippen molar-refractivity contribution in [2.45, 2.75) is 32.0 Å². The molecule has 0 unspecified atom stereocenters. The van der Waals surface area contributed by atoms with Crippen LogP contribution in [0, 0.1) is 16.0 Å². The minimum atomic E-state index is -0.571. The molecule has 0 spiro atoms. The number of fused-ring (bicyclic) bond motifs is 1. The van der Waals surface area contributed by atoms with Crippen molar-refractivity contribution >= 4 is 63.1 Å². The zero-order valence-corrected chi connectivity index (χ0v) is 19.6. The Bertz CT molecular complexity index is 1250. The van der Waals surface area contributed by atoms with Crippen LogP contribution in [0.25, 0.3) is 10.9 Å². The Labute approximate surface area is 198 Å². The molecule has 1 heterocycles. The lowest BCUT2D eigenvalue weighted by atomic mass is 10.1. The molecule has 11 heteroatoms. The first kappa shape index (κ1) is 24.0. The first-order valence-corrected chi connectivity index (χ1v) is 11.5. The highest BCUT2D eigenvalue weighted by molar-refractivity contribution is 7.99. The van der Waals surface area contributed by atoms with Gasteiger partial charge in [0.15, 0.2) is 5.16 Å². The maximum atomic E-state index is 13.0. The van der Waals surface area contributed by atoms with Gasteiger partial charge in [-0.2, -0.15) is 0 Å². The number of thioether (sulfide) groups is 1. The number of aromatic nitrogens is 2. The Hall–Kier alpha value is -2.62. The molecule has 8 nitrogen and oxygen atoms in total. The number of halogens is 2. The van der Waals surface area contributed by atoms with Crippen LogP contribution in [0.5, 0.6) is 0 Å². The van der Waals surface area contributed by atoms with Crippen LogP contribution in [0.1, 0.15) is 20.3 Å². The fourth-order valence-electron chi connectivity index (χ4n) is 2.91. The van der Waals surface area contributed by atoms with Gasteiger partial charge in [-0.3, -0.25) is 24.3 Å². The second kappa shape index (κ2) is 10.3. The van der Waals surface area contributed by atoms with Gasteiger partial charge in [0.05, 0.1) is 32.3 Å². The van der Waals surface area contributed by atoms with Gasteiger partial charge in [-0.05, 0) is 36.6 Å². The van der Waals surface area contributed by atoms with Crippen molar-refractivity contribution in [2.75, 3.05) is 11.1 Å². The second-order valence-electron chi connectivity index (χ2n) is 7.45. The molecule has 0 bridgehead atoms. The summed E-state index contributed by atoms with van der Waals surface area (Å²) in [6, 6.07) is 8.69. The molecule has 1 N–H and O–H groups in total. The number of rotatable bonds is 8. The number of carbonyl (C=O) groups excluding carboxylic acids is 1. The van der Waals surface area contributed by atoms with E-state index in [1.165, 1.54) is 18.2 Å². The molecule has 3 aromatic rings. The molecular formula is C21H20Cl2N4O4S. The summed E-state index contributed by atoms with van der Waals surface area (Å²) in [4.78, 5) is 40.5. The van der Waals surface area contributed by atoms with Gasteiger partial charge in [0.2, 0.25) is 5.91 Å². The molecule has 0 fully saturated rings. The first-order valence-electron chi connectivity index (χ1n) is 9.72. The summed E-state index contributed by atoms with van der Waals surface area (Å²) in [5, 5.41) is 15.0. The van der Waals surface area contributed by atoms with E-state index < -0.39 is 10.8 Å². The van der Waals surface area contributed by atoms with Crippen LogP contribution in [0.2, 0.25) is 10.0 Å². The molecule has 0 aliphatic carbocycles. The van der Waals surface area contributed by atoms with Crippen LogP contribution in [-0.4, -0.2) is 26.1 Å². The van der Waals surface area contributed by atoms with E-state index in [4.69, 9.17) is 23.2 Å². The number of amides is 1. The number of benzene rings is 2. The van der Waals surface area contributed by atoms with E-state index in [2.05, 4.69) is 24.1 Å². The predicted octanol–water partition coefficient (Wildman–Crippen LogP) is 5.39. The lowest BCUT2D eigenvalue weighted by molar-refractivity contribution is -0.384. The van der Waals surface area contributed by atoms with Crippen molar-refractivity contribution in [3.63, 3.8) is 0 Å². The van der Waals surface area contributed by atoms with E-state index in [0.29, 0.717) is 33.5 Å². The molecule has 0 radical (unpaired) electrons. The van der Waals surface area contributed by atoms with Crippen LogP contribution in [0.4, 0.5) is 11.4 Å². The summed E-state index contributed by atoms with van der Waals surface area (Å²) in [7, 11) is 0. The fourth-order valence-corrected chi connectivity index (χ4v) is 4.06. The van der Waals surface area contributed by atoms with Crippen molar-refractivity contribution in [1.29, 1.82) is 0 Å². The Kier molecular flexibility index (Phi) is 7.76. The minimum Gasteiger partial charge on any atom is -0.324 e. The maximum Gasteiger partial charge on any atom is 0.271 e. The molecule has 32 heavy (non-hydrogen) atoms. The predicted molar refractivity (Wildman–Crippen MR) is 128 cm³/mol. The van der Waals surface area contributed by atoms with Gasteiger partial charge in [-0.1, -0.05) is 48.8 Å². The highest BCUT2D eigenvalue weighted by Gasteiger charge is 2.16. The maximum absolute atomic E-state index is 13.0. The number of nitro groups is 1. The Morgan fingerprint density at radius 2 is 2.00 bits per heavy atom. The highest BCUT2D eigenvalue weighted by atomic mass is 35.5. The number of nitrogens with zero attached hydrogens (tertiary/aromatic N) is 3. The standard InChI is InChI=1S/C21H20Cl2N4O4S/c1-12(2)7-8-26-20(29)15-5-3-13(22)9-17(15)25-21(26)32-11-19(28)24-18-10-14(27(30)31)4-6-16(18)23/h3-6,9-10,12H,7-8,11H2,1-2H3,(H,24,28). The quantitative estimate of drug-likeness (QED) is 0.194. The molecular weight excluding hydrogens is 475 g/mol. The van der Waals surface area contributed by atoms with Crippen molar-refractivity contribution in [1.82, 2.24) is 9.55 Å². The number of hydrogen-bond acceptors (Lipinski definition) is 6.